The number of ether oxygens (including phenoxy) is 1. The Hall–Kier alpha value is -3.57. The third-order valence-corrected chi connectivity index (χ3v) is 3.54. The second-order valence-corrected chi connectivity index (χ2v) is 5.10. The van der Waals surface area contributed by atoms with Crippen LogP contribution in [0.1, 0.15) is 26.3 Å². The normalized spacial score (nSPS) is 11.3. The molecular weight excluding hydrogens is 380 g/mol. The van der Waals surface area contributed by atoms with E-state index in [-0.39, 0.29) is 0 Å². The average molecular weight is 390 g/mol. The molecule has 144 valence electrons. The Kier molecular flexibility index (Phi) is 4.85. The summed E-state index contributed by atoms with van der Waals surface area (Å²) in [5, 5.41) is 18.6. The Morgan fingerprint density at radius 2 is 1.67 bits per heavy atom. The fourth-order valence-electron chi connectivity index (χ4n) is 2.55. The van der Waals surface area contributed by atoms with Crippen LogP contribution in [0.25, 0.3) is 11.1 Å². The van der Waals surface area contributed by atoms with Crippen molar-refractivity contribution < 1.29 is 42.1 Å². The van der Waals surface area contributed by atoms with Crippen LogP contribution in [0, 0.1) is 5.82 Å². The molecule has 0 fully saturated rings. The Morgan fingerprint density at radius 3 is 2.11 bits per heavy atom. The minimum absolute atomic E-state index is 0.405. The Morgan fingerprint density at radius 1 is 1.11 bits per heavy atom. The van der Waals surface area contributed by atoms with Crippen molar-refractivity contribution in [1.82, 2.24) is 4.98 Å². The fraction of sp³-hybridized carbons (Fsp3) is 0.133. The van der Waals surface area contributed by atoms with Crippen LogP contribution in [0.15, 0.2) is 16.9 Å². The number of carbonyl (C=O) groups is 2. The van der Waals surface area contributed by atoms with Gasteiger partial charge in [0.15, 0.2) is 0 Å². The van der Waals surface area contributed by atoms with E-state index in [4.69, 9.17) is 10.5 Å². The Labute approximate surface area is 146 Å². The number of halogens is 4. The number of hydrogen-bond donors (Lipinski definition) is 4. The lowest BCUT2D eigenvalue weighted by atomic mass is 9.90. The molecule has 1 aromatic carbocycles. The average Bonchev–Trinajstić information content (AvgIpc) is 2.51. The summed E-state index contributed by atoms with van der Waals surface area (Å²) in [5.41, 5.74) is -3.11. The summed E-state index contributed by atoms with van der Waals surface area (Å²) in [5.74, 6) is -7.44. The van der Waals surface area contributed by atoms with Crippen molar-refractivity contribution in [3.8, 4) is 16.9 Å². The number of nitrogen functional groups attached to an aromatic ring is 1. The van der Waals surface area contributed by atoms with E-state index in [0.717, 1.165) is 13.2 Å². The van der Waals surface area contributed by atoms with Gasteiger partial charge < -0.3 is 25.7 Å². The SMILES string of the molecule is COc1ccc(F)c(C(F)(F)F)c1-c1c(C(=O)O)c(N)[nH]c(=O)c1C(=O)O. The molecule has 5 N–H and O–H groups in total. The molecule has 0 spiro atoms. The van der Waals surface area contributed by atoms with Crippen molar-refractivity contribution in [3.05, 3.63) is 45.0 Å². The van der Waals surface area contributed by atoms with Crippen molar-refractivity contribution >= 4 is 17.8 Å². The maximum atomic E-state index is 14.0. The van der Waals surface area contributed by atoms with E-state index >= 15 is 0 Å². The highest BCUT2D eigenvalue weighted by atomic mass is 19.4. The van der Waals surface area contributed by atoms with Crippen LogP contribution in [0.3, 0.4) is 0 Å². The number of anilines is 1. The first-order chi connectivity index (χ1) is 12.4. The highest BCUT2D eigenvalue weighted by Crippen LogP contribution is 2.46. The number of nitrogens with two attached hydrogens (primary N) is 1. The number of carboxylic acid groups (broad SMARTS) is 2. The Balaban J connectivity index is 3.25. The number of rotatable bonds is 4. The summed E-state index contributed by atoms with van der Waals surface area (Å²) >= 11 is 0. The minimum atomic E-state index is -5.38. The van der Waals surface area contributed by atoms with Crippen LogP contribution < -0.4 is 16.0 Å². The monoisotopic (exact) mass is 390 g/mol. The van der Waals surface area contributed by atoms with Gasteiger partial charge in [-0.3, -0.25) is 4.79 Å². The zero-order valence-corrected chi connectivity index (χ0v) is 13.3. The molecule has 0 saturated carbocycles. The third-order valence-electron chi connectivity index (χ3n) is 3.54. The molecule has 0 aliphatic carbocycles. The molecule has 0 bridgehead atoms. The highest BCUT2D eigenvalue weighted by molar-refractivity contribution is 6.08. The quantitative estimate of drug-likeness (QED) is 0.586. The Bertz CT molecular complexity index is 1010. The molecule has 8 nitrogen and oxygen atoms in total. The summed E-state index contributed by atoms with van der Waals surface area (Å²) in [6.07, 6.45) is -5.38. The van der Waals surface area contributed by atoms with E-state index in [1.54, 1.807) is 4.98 Å². The number of aromatic nitrogens is 1. The van der Waals surface area contributed by atoms with Crippen molar-refractivity contribution in [3.63, 3.8) is 0 Å². The first-order valence-electron chi connectivity index (χ1n) is 6.88. The summed E-state index contributed by atoms with van der Waals surface area (Å²) in [7, 11) is 0.897. The lowest BCUT2D eigenvalue weighted by Crippen LogP contribution is -2.25. The predicted molar refractivity (Wildman–Crippen MR) is 82.3 cm³/mol. The number of hydrogen-bond acceptors (Lipinski definition) is 5. The van der Waals surface area contributed by atoms with Crippen molar-refractivity contribution in [2.75, 3.05) is 12.8 Å². The van der Waals surface area contributed by atoms with Crippen LogP contribution in [-0.4, -0.2) is 34.2 Å². The molecule has 0 atom stereocenters. The predicted octanol–water partition coefficient (Wildman–Crippen LogP) is 2.19. The van der Waals surface area contributed by atoms with Crippen molar-refractivity contribution in [1.29, 1.82) is 0 Å². The van der Waals surface area contributed by atoms with Crippen LogP contribution in [0.2, 0.25) is 0 Å². The van der Waals surface area contributed by atoms with Crippen LogP contribution >= 0.6 is 0 Å². The summed E-state index contributed by atoms with van der Waals surface area (Å²) < 4.78 is 59.2. The first-order valence-corrected chi connectivity index (χ1v) is 6.88. The number of benzene rings is 1. The van der Waals surface area contributed by atoms with Gasteiger partial charge in [0.2, 0.25) is 0 Å². The zero-order valence-electron chi connectivity index (χ0n) is 13.3. The molecule has 0 aliphatic rings. The number of aromatic amines is 1. The summed E-state index contributed by atoms with van der Waals surface area (Å²) in [6, 6.07) is 1.14. The number of carboxylic acids is 2. The van der Waals surface area contributed by atoms with Gasteiger partial charge in [0.1, 0.15) is 34.1 Å². The molecule has 0 saturated heterocycles. The van der Waals surface area contributed by atoms with E-state index in [0.29, 0.717) is 6.07 Å². The molecule has 2 rings (SSSR count). The fourth-order valence-corrected chi connectivity index (χ4v) is 2.55. The summed E-state index contributed by atoms with van der Waals surface area (Å²) in [6.45, 7) is 0. The second kappa shape index (κ2) is 6.63. The van der Waals surface area contributed by atoms with E-state index < -0.39 is 68.9 Å². The molecule has 1 heterocycles. The lowest BCUT2D eigenvalue weighted by molar-refractivity contribution is -0.139. The molecule has 0 unspecified atom stereocenters. The van der Waals surface area contributed by atoms with Crippen LogP contribution in [-0.2, 0) is 6.18 Å². The van der Waals surface area contributed by atoms with Crippen LogP contribution in [0.5, 0.6) is 5.75 Å². The zero-order chi connectivity index (χ0) is 20.7. The second-order valence-electron chi connectivity index (χ2n) is 5.10. The highest BCUT2D eigenvalue weighted by Gasteiger charge is 2.41. The first kappa shape index (κ1) is 19.8. The van der Waals surface area contributed by atoms with E-state index in [1.807, 2.05) is 0 Å². The molecule has 1 aromatic heterocycles. The van der Waals surface area contributed by atoms with Crippen LogP contribution in [0.4, 0.5) is 23.4 Å². The van der Waals surface area contributed by atoms with E-state index in [1.165, 1.54) is 0 Å². The molecule has 0 aliphatic heterocycles. The number of nitrogens with one attached hydrogen (secondary N) is 1. The smallest absolute Gasteiger partial charge is 0.419 e. The number of H-pyrrole nitrogens is 1. The number of alkyl halides is 3. The molecule has 0 amide bonds. The number of pyridine rings is 1. The van der Waals surface area contributed by atoms with Gasteiger partial charge in [-0.15, -0.1) is 0 Å². The van der Waals surface area contributed by atoms with Gasteiger partial charge in [0.25, 0.3) is 5.56 Å². The summed E-state index contributed by atoms with van der Waals surface area (Å²) in [4.78, 5) is 36.7. The van der Waals surface area contributed by atoms with Gasteiger partial charge in [0.05, 0.1) is 7.11 Å². The third kappa shape index (κ3) is 3.28. The molecule has 2 aromatic rings. The number of methoxy groups -OCH3 is 1. The molecule has 27 heavy (non-hydrogen) atoms. The molecule has 12 heteroatoms. The molecular formula is C15H10F4N2O6. The van der Waals surface area contributed by atoms with Gasteiger partial charge in [-0.25, -0.2) is 14.0 Å². The van der Waals surface area contributed by atoms with Gasteiger partial charge in [-0.2, -0.15) is 13.2 Å². The van der Waals surface area contributed by atoms with Crippen molar-refractivity contribution in [2.45, 2.75) is 6.18 Å². The van der Waals surface area contributed by atoms with E-state index in [2.05, 4.69) is 0 Å². The largest absolute Gasteiger partial charge is 0.496 e. The van der Waals surface area contributed by atoms with Gasteiger partial charge in [-0.1, -0.05) is 0 Å². The molecule has 0 radical (unpaired) electrons. The minimum Gasteiger partial charge on any atom is -0.496 e. The van der Waals surface area contributed by atoms with Gasteiger partial charge in [-0.05, 0) is 12.1 Å². The lowest BCUT2D eigenvalue weighted by Gasteiger charge is -2.20. The van der Waals surface area contributed by atoms with E-state index in [9.17, 15) is 42.2 Å². The number of aromatic carboxylic acids is 2. The van der Waals surface area contributed by atoms with Crippen molar-refractivity contribution in [2.24, 2.45) is 0 Å². The van der Waals surface area contributed by atoms with Gasteiger partial charge in [0, 0.05) is 11.1 Å². The standard InChI is InChI=1S/C15H10F4N2O6/c1-27-5-3-2-4(16)10(15(17,18)19)6(5)7-8(13(23)24)11(20)21-12(22)9(7)14(25)26/h2-3H,1H3,(H,23,24)(H,25,26)(H3,20,21,22). The maximum absolute atomic E-state index is 14.0. The van der Waals surface area contributed by atoms with Gasteiger partial charge >= 0.3 is 18.1 Å². The maximum Gasteiger partial charge on any atom is 0.419 e. The topological polar surface area (TPSA) is 143 Å².